The summed E-state index contributed by atoms with van der Waals surface area (Å²) in [5.41, 5.74) is 1.37. The molecular weight excluding hydrogens is 472 g/mol. The van der Waals surface area contributed by atoms with Crippen LogP contribution in [0.2, 0.25) is 5.02 Å². The Morgan fingerprint density at radius 2 is 1.80 bits per heavy atom. The molecule has 2 aliphatic carbocycles. The second-order valence-electron chi connectivity index (χ2n) is 9.16. The van der Waals surface area contributed by atoms with Gasteiger partial charge in [0.05, 0.1) is 16.8 Å². The number of rotatable bonds is 7. The first-order chi connectivity index (χ1) is 16.7. The van der Waals surface area contributed by atoms with Crippen molar-refractivity contribution in [1.82, 2.24) is 4.90 Å². The van der Waals surface area contributed by atoms with E-state index in [-0.39, 0.29) is 65.5 Å². The molecule has 0 spiro atoms. The molecule has 1 aliphatic heterocycles. The number of nitro benzene ring substituents is 1. The van der Waals surface area contributed by atoms with E-state index in [1.54, 1.807) is 18.2 Å². The van der Waals surface area contributed by atoms with Gasteiger partial charge in [-0.2, -0.15) is 0 Å². The van der Waals surface area contributed by atoms with Gasteiger partial charge in [-0.1, -0.05) is 29.8 Å². The number of halogens is 1. The highest BCUT2D eigenvalue weighted by Crippen LogP contribution is 2.52. The average molecular weight is 495 g/mol. The van der Waals surface area contributed by atoms with E-state index in [0.717, 1.165) is 12.0 Å². The Bertz CT molecular complexity index is 1260. The average Bonchev–Trinajstić information content (AvgIpc) is 3.51. The Labute approximate surface area is 206 Å². The number of carbonyl (C=O) groups excluding carboxylic acids is 3. The maximum atomic E-state index is 12.8. The Kier molecular flexibility index (Phi) is 5.80. The summed E-state index contributed by atoms with van der Waals surface area (Å²) >= 11 is 6.09. The number of benzene rings is 2. The van der Waals surface area contributed by atoms with Crippen molar-refractivity contribution in [3.63, 3.8) is 0 Å². The molecule has 5 rings (SSSR count). The van der Waals surface area contributed by atoms with Gasteiger partial charge >= 0.3 is 0 Å². The lowest BCUT2D eigenvalue weighted by atomic mass is 9.85. The molecule has 2 N–H and O–H groups in total. The lowest BCUT2D eigenvalue weighted by Crippen LogP contribution is -2.36. The summed E-state index contributed by atoms with van der Waals surface area (Å²) in [5, 5.41) is 17.8. The van der Waals surface area contributed by atoms with Crippen molar-refractivity contribution in [2.45, 2.75) is 13.3 Å². The fraction of sp³-hybridized carbons (Fsp3) is 0.320. The predicted molar refractivity (Wildman–Crippen MR) is 130 cm³/mol. The van der Waals surface area contributed by atoms with Gasteiger partial charge in [0.15, 0.2) is 0 Å². The number of hydrogen-bond acceptors (Lipinski definition) is 6. The van der Waals surface area contributed by atoms with Gasteiger partial charge in [0, 0.05) is 35.4 Å². The first-order valence-corrected chi connectivity index (χ1v) is 11.8. The van der Waals surface area contributed by atoms with Crippen LogP contribution in [0.25, 0.3) is 0 Å². The molecule has 180 valence electrons. The third-order valence-electron chi connectivity index (χ3n) is 7.10. The quantitative estimate of drug-likeness (QED) is 0.259. The number of nitrogens with one attached hydrogen (secondary N) is 2. The summed E-state index contributed by atoms with van der Waals surface area (Å²) in [7, 11) is 0. The molecule has 10 heteroatoms. The van der Waals surface area contributed by atoms with E-state index in [1.165, 1.54) is 23.1 Å². The summed E-state index contributed by atoms with van der Waals surface area (Å²) in [4.78, 5) is 50.6. The lowest BCUT2D eigenvalue weighted by molar-refractivity contribution is -0.384. The van der Waals surface area contributed by atoms with E-state index in [1.807, 2.05) is 19.1 Å². The van der Waals surface area contributed by atoms with Crippen LogP contribution in [0, 0.1) is 40.7 Å². The molecule has 2 fully saturated rings. The number of fused-ring (bicyclic) bond motifs is 5. The molecule has 0 aromatic heterocycles. The van der Waals surface area contributed by atoms with Crippen molar-refractivity contribution in [3.05, 3.63) is 74.8 Å². The molecular formula is C25H23ClN4O5. The molecule has 0 radical (unpaired) electrons. The van der Waals surface area contributed by atoms with Crippen LogP contribution in [-0.4, -0.2) is 40.6 Å². The Morgan fingerprint density at radius 1 is 1.11 bits per heavy atom. The van der Waals surface area contributed by atoms with Crippen LogP contribution in [0.3, 0.4) is 0 Å². The number of imide groups is 1. The van der Waals surface area contributed by atoms with Crippen LogP contribution in [-0.2, 0) is 9.59 Å². The minimum atomic E-state index is -0.582. The van der Waals surface area contributed by atoms with Crippen molar-refractivity contribution in [2.24, 2.45) is 23.7 Å². The van der Waals surface area contributed by atoms with Crippen molar-refractivity contribution in [1.29, 1.82) is 0 Å². The molecule has 1 heterocycles. The highest BCUT2D eigenvalue weighted by Gasteiger charge is 2.58. The zero-order chi connectivity index (χ0) is 24.9. The standard InChI is InChI=1S/C25H23ClN4O5/c1-13-2-6-17(12-18(13)26)28-23(31)16-5-7-19(20(11-16)30(34)35)27-8-9-29-24(32)21-14-3-4-15(10-14)22(21)25(29)33/h2-7,11-12,14-15,21-22,27H,8-10H2,1H3,(H,28,31). The smallest absolute Gasteiger partial charge is 0.293 e. The van der Waals surface area contributed by atoms with Crippen molar-refractivity contribution in [2.75, 3.05) is 23.7 Å². The van der Waals surface area contributed by atoms with Gasteiger partial charge in [-0.15, -0.1) is 0 Å². The summed E-state index contributed by atoms with van der Waals surface area (Å²) in [6.45, 7) is 2.12. The summed E-state index contributed by atoms with van der Waals surface area (Å²) in [6, 6.07) is 9.17. The maximum absolute atomic E-state index is 12.8. The summed E-state index contributed by atoms with van der Waals surface area (Å²) in [6.07, 6.45) is 4.93. The van der Waals surface area contributed by atoms with E-state index in [9.17, 15) is 24.5 Å². The Morgan fingerprint density at radius 3 is 2.43 bits per heavy atom. The van der Waals surface area contributed by atoms with E-state index in [2.05, 4.69) is 10.6 Å². The zero-order valence-electron chi connectivity index (χ0n) is 18.9. The molecule has 1 saturated heterocycles. The first-order valence-electron chi connectivity index (χ1n) is 11.4. The molecule has 3 aliphatic rings. The fourth-order valence-electron chi connectivity index (χ4n) is 5.33. The molecule has 35 heavy (non-hydrogen) atoms. The maximum Gasteiger partial charge on any atom is 0.293 e. The van der Waals surface area contributed by atoms with Gasteiger partial charge in [0.1, 0.15) is 5.69 Å². The van der Waals surface area contributed by atoms with Crippen LogP contribution in [0.1, 0.15) is 22.3 Å². The molecule has 3 amide bonds. The third-order valence-corrected chi connectivity index (χ3v) is 7.51. The Hall–Kier alpha value is -3.72. The fourth-order valence-corrected chi connectivity index (χ4v) is 5.51. The van der Waals surface area contributed by atoms with E-state index in [4.69, 9.17) is 11.6 Å². The Balaban J connectivity index is 1.24. The van der Waals surface area contributed by atoms with Crippen LogP contribution in [0.15, 0.2) is 48.6 Å². The zero-order valence-corrected chi connectivity index (χ0v) is 19.6. The van der Waals surface area contributed by atoms with E-state index in [0.29, 0.717) is 10.7 Å². The second-order valence-corrected chi connectivity index (χ2v) is 9.57. The van der Waals surface area contributed by atoms with Gasteiger partial charge in [-0.05, 0) is 55.0 Å². The minimum absolute atomic E-state index is 0.111. The van der Waals surface area contributed by atoms with Crippen LogP contribution in [0.4, 0.5) is 17.1 Å². The number of nitro groups is 1. The molecule has 2 aromatic rings. The van der Waals surface area contributed by atoms with E-state index >= 15 is 0 Å². The molecule has 4 unspecified atom stereocenters. The number of anilines is 2. The third kappa shape index (κ3) is 4.05. The highest BCUT2D eigenvalue weighted by molar-refractivity contribution is 6.31. The minimum Gasteiger partial charge on any atom is -0.378 e. The van der Waals surface area contributed by atoms with Crippen LogP contribution < -0.4 is 10.6 Å². The number of nitrogens with zero attached hydrogens (tertiary/aromatic N) is 2. The van der Waals surface area contributed by atoms with Crippen LogP contribution in [0.5, 0.6) is 0 Å². The number of likely N-dealkylation sites (tertiary alicyclic amines) is 1. The van der Waals surface area contributed by atoms with Crippen molar-refractivity contribution < 1.29 is 19.3 Å². The van der Waals surface area contributed by atoms with Crippen LogP contribution >= 0.6 is 11.6 Å². The highest BCUT2D eigenvalue weighted by atomic mass is 35.5. The van der Waals surface area contributed by atoms with Gasteiger partial charge in [0.2, 0.25) is 11.8 Å². The number of hydrogen-bond donors (Lipinski definition) is 2. The number of allylic oxidation sites excluding steroid dienone is 2. The lowest BCUT2D eigenvalue weighted by Gasteiger charge is -2.18. The molecule has 4 atom stereocenters. The summed E-state index contributed by atoms with van der Waals surface area (Å²) < 4.78 is 0. The predicted octanol–water partition coefficient (Wildman–Crippen LogP) is 4.03. The van der Waals surface area contributed by atoms with Gasteiger partial charge in [0.25, 0.3) is 11.6 Å². The van der Waals surface area contributed by atoms with Crippen molar-refractivity contribution in [3.8, 4) is 0 Å². The first kappa shape index (κ1) is 23.0. The summed E-state index contributed by atoms with van der Waals surface area (Å²) in [5.74, 6) is -1.10. The normalized spacial score (nSPS) is 24.1. The number of carbonyl (C=O) groups is 3. The molecule has 9 nitrogen and oxygen atoms in total. The number of amides is 3. The van der Waals surface area contributed by atoms with Gasteiger partial charge < -0.3 is 10.6 Å². The van der Waals surface area contributed by atoms with Crippen molar-refractivity contribution >= 4 is 46.4 Å². The van der Waals surface area contributed by atoms with Gasteiger partial charge in [-0.3, -0.25) is 29.4 Å². The molecule has 2 aromatic carbocycles. The monoisotopic (exact) mass is 494 g/mol. The molecule has 2 bridgehead atoms. The SMILES string of the molecule is Cc1ccc(NC(=O)c2ccc(NCCN3C(=O)C4C5C=CC(C5)C4C3=O)c([N+](=O)[O-])c2)cc1Cl. The second kappa shape index (κ2) is 8.81. The van der Waals surface area contributed by atoms with E-state index < -0.39 is 10.8 Å². The van der Waals surface area contributed by atoms with Gasteiger partial charge in [-0.25, -0.2) is 0 Å². The molecule has 1 saturated carbocycles. The largest absolute Gasteiger partial charge is 0.378 e. The number of aryl methyl sites for hydroxylation is 1. The topological polar surface area (TPSA) is 122 Å².